The Hall–Kier alpha value is -0.470. The zero-order valence-electron chi connectivity index (χ0n) is 11.3. The third-order valence-corrected chi connectivity index (χ3v) is 4.02. The average molecular weight is 251 g/mol. The molecule has 1 unspecified atom stereocenters. The Morgan fingerprint density at radius 2 is 2.12 bits per heavy atom. The second-order valence-corrected chi connectivity index (χ2v) is 5.59. The highest BCUT2D eigenvalue weighted by molar-refractivity contribution is 7.98. The lowest BCUT2D eigenvalue weighted by Gasteiger charge is -2.16. The van der Waals surface area contributed by atoms with E-state index in [0.29, 0.717) is 6.04 Å². The molecule has 1 aromatic carbocycles. The van der Waals surface area contributed by atoms with Crippen molar-refractivity contribution in [3.05, 3.63) is 35.4 Å². The lowest BCUT2D eigenvalue weighted by atomic mass is 10.2. The van der Waals surface area contributed by atoms with Gasteiger partial charge in [0.15, 0.2) is 0 Å². The van der Waals surface area contributed by atoms with E-state index >= 15 is 0 Å². The van der Waals surface area contributed by atoms with E-state index in [9.17, 15) is 0 Å². The van der Waals surface area contributed by atoms with Gasteiger partial charge in [-0.2, -0.15) is 11.8 Å². The number of nitrogens with one attached hydrogen (secondary N) is 1. The molecular weight excluding hydrogens is 226 g/mol. The van der Waals surface area contributed by atoms with Crippen LogP contribution in [-0.4, -0.2) is 18.3 Å². The Morgan fingerprint density at radius 1 is 1.29 bits per heavy atom. The van der Waals surface area contributed by atoms with Gasteiger partial charge in [-0.25, -0.2) is 0 Å². The molecule has 0 fully saturated rings. The normalized spacial score (nSPS) is 12.6. The Kier molecular flexibility index (Phi) is 7.38. The SMILES string of the molecule is CCCNC(CC)CSCc1cccc(C)c1. The van der Waals surface area contributed by atoms with Gasteiger partial charge in [-0.3, -0.25) is 0 Å². The summed E-state index contributed by atoms with van der Waals surface area (Å²) in [4.78, 5) is 0. The molecule has 0 saturated heterocycles. The second-order valence-electron chi connectivity index (χ2n) is 4.56. The van der Waals surface area contributed by atoms with Gasteiger partial charge in [-0.05, 0) is 31.9 Å². The standard InChI is InChI=1S/C15H25NS/c1-4-9-16-15(5-2)12-17-11-14-8-6-7-13(3)10-14/h6-8,10,15-16H,4-5,9,11-12H2,1-3H3. The topological polar surface area (TPSA) is 12.0 Å². The fourth-order valence-electron chi connectivity index (χ4n) is 1.79. The van der Waals surface area contributed by atoms with E-state index in [0.717, 1.165) is 12.3 Å². The van der Waals surface area contributed by atoms with Gasteiger partial charge in [0.2, 0.25) is 0 Å². The highest BCUT2D eigenvalue weighted by Crippen LogP contribution is 2.15. The molecule has 0 amide bonds. The lowest BCUT2D eigenvalue weighted by Crippen LogP contribution is -2.31. The third-order valence-electron chi connectivity index (χ3n) is 2.85. The van der Waals surface area contributed by atoms with E-state index in [2.05, 4.69) is 50.4 Å². The fourth-order valence-corrected chi connectivity index (χ4v) is 2.96. The molecule has 0 aliphatic rings. The zero-order chi connectivity index (χ0) is 12.5. The zero-order valence-corrected chi connectivity index (χ0v) is 12.1. The van der Waals surface area contributed by atoms with Crippen LogP contribution in [0.5, 0.6) is 0 Å². The summed E-state index contributed by atoms with van der Waals surface area (Å²) in [6.45, 7) is 7.79. The van der Waals surface area contributed by atoms with Gasteiger partial charge in [0.25, 0.3) is 0 Å². The minimum absolute atomic E-state index is 0.671. The highest BCUT2D eigenvalue weighted by atomic mass is 32.2. The summed E-state index contributed by atoms with van der Waals surface area (Å²) in [5.74, 6) is 2.34. The summed E-state index contributed by atoms with van der Waals surface area (Å²) >= 11 is 2.04. The van der Waals surface area contributed by atoms with Gasteiger partial charge in [-0.1, -0.05) is 43.7 Å². The van der Waals surface area contributed by atoms with E-state index in [1.807, 2.05) is 11.8 Å². The maximum Gasteiger partial charge on any atom is 0.0185 e. The van der Waals surface area contributed by atoms with Crippen LogP contribution in [0, 0.1) is 6.92 Å². The van der Waals surface area contributed by atoms with Crippen molar-refractivity contribution >= 4 is 11.8 Å². The molecule has 1 rings (SSSR count). The largest absolute Gasteiger partial charge is 0.313 e. The van der Waals surface area contributed by atoms with E-state index < -0.39 is 0 Å². The minimum Gasteiger partial charge on any atom is -0.313 e. The number of benzene rings is 1. The summed E-state index contributed by atoms with van der Waals surface area (Å²) in [6.07, 6.45) is 2.44. The molecule has 0 bridgehead atoms. The van der Waals surface area contributed by atoms with Crippen molar-refractivity contribution in [2.24, 2.45) is 0 Å². The summed E-state index contributed by atoms with van der Waals surface area (Å²) in [5.41, 5.74) is 2.81. The van der Waals surface area contributed by atoms with Crippen LogP contribution >= 0.6 is 11.8 Å². The molecule has 0 radical (unpaired) electrons. The van der Waals surface area contributed by atoms with Gasteiger partial charge < -0.3 is 5.32 Å². The Bertz CT molecular complexity index is 312. The minimum atomic E-state index is 0.671. The van der Waals surface area contributed by atoms with Crippen molar-refractivity contribution in [2.75, 3.05) is 12.3 Å². The summed E-state index contributed by atoms with van der Waals surface area (Å²) < 4.78 is 0. The molecule has 1 aromatic rings. The first-order valence-electron chi connectivity index (χ1n) is 6.63. The number of hydrogen-bond donors (Lipinski definition) is 1. The summed E-state index contributed by atoms with van der Waals surface area (Å²) in [6, 6.07) is 9.49. The molecule has 1 N–H and O–H groups in total. The maximum absolute atomic E-state index is 3.60. The molecule has 0 aliphatic carbocycles. The van der Waals surface area contributed by atoms with E-state index in [-0.39, 0.29) is 0 Å². The van der Waals surface area contributed by atoms with Crippen molar-refractivity contribution in [3.8, 4) is 0 Å². The van der Waals surface area contributed by atoms with Gasteiger partial charge in [-0.15, -0.1) is 0 Å². The van der Waals surface area contributed by atoms with Crippen LogP contribution in [0.2, 0.25) is 0 Å². The monoisotopic (exact) mass is 251 g/mol. The van der Waals surface area contributed by atoms with Crippen LogP contribution in [0.3, 0.4) is 0 Å². The number of hydrogen-bond acceptors (Lipinski definition) is 2. The number of aryl methyl sites for hydroxylation is 1. The van der Waals surface area contributed by atoms with Gasteiger partial charge in [0.05, 0.1) is 0 Å². The van der Waals surface area contributed by atoms with Crippen LogP contribution in [-0.2, 0) is 5.75 Å². The van der Waals surface area contributed by atoms with Crippen molar-refractivity contribution < 1.29 is 0 Å². The molecule has 96 valence electrons. The Labute approximate surface area is 110 Å². The molecule has 17 heavy (non-hydrogen) atoms. The first-order chi connectivity index (χ1) is 8.26. The summed E-state index contributed by atoms with van der Waals surface area (Å²) in [5, 5.41) is 3.60. The molecule has 0 saturated carbocycles. The first-order valence-corrected chi connectivity index (χ1v) is 7.78. The smallest absolute Gasteiger partial charge is 0.0185 e. The molecule has 1 atom stereocenters. The van der Waals surface area contributed by atoms with Crippen molar-refractivity contribution in [1.29, 1.82) is 0 Å². The summed E-state index contributed by atoms with van der Waals surface area (Å²) in [7, 11) is 0. The molecule has 0 aliphatic heterocycles. The van der Waals surface area contributed by atoms with Crippen LogP contribution in [0.1, 0.15) is 37.8 Å². The Morgan fingerprint density at radius 3 is 2.76 bits per heavy atom. The highest BCUT2D eigenvalue weighted by Gasteiger charge is 2.04. The third kappa shape index (κ3) is 6.13. The molecule has 1 nitrogen and oxygen atoms in total. The van der Waals surface area contributed by atoms with Crippen LogP contribution in [0.25, 0.3) is 0 Å². The maximum atomic E-state index is 3.60. The molecular formula is C15H25NS. The van der Waals surface area contributed by atoms with Crippen LogP contribution in [0.15, 0.2) is 24.3 Å². The Balaban J connectivity index is 2.26. The van der Waals surface area contributed by atoms with Crippen LogP contribution in [0.4, 0.5) is 0 Å². The van der Waals surface area contributed by atoms with Crippen molar-refractivity contribution in [3.63, 3.8) is 0 Å². The molecule has 0 aromatic heterocycles. The van der Waals surface area contributed by atoms with Crippen molar-refractivity contribution in [2.45, 2.75) is 45.4 Å². The van der Waals surface area contributed by atoms with E-state index in [4.69, 9.17) is 0 Å². The van der Waals surface area contributed by atoms with Crippen molar-refractivity contribution in [1.82, 2.24) is 5.32 Å². The average Bonchev–Trinajstić information content (AvgIpc) is 2.33. The predicted molar refractivity (Wildman–Crippen MR) is 79.7 cm³/mol. The van der Waals surface area contributed by atoms with Crippen LogP contribution < -0.4 is 5.32 Å². The first kappa shape index (κ1) is 14.6. The number of thioether (sulfide) groups is 1. The fraction of sp³-hybridized carbons (Fsp3) is 0.600. The van der Waals surface area contributed by atoms with Gasteiger partial charge in [0.1, 0.15) is 0 Å². The second kappa shape index (κ2) is 8.60. The van der Waals surface area contributed by atoms with E-state index in [1.54, 1.807) is 0 Å². The van der Waals surface area contributed by atoms with Gasteiger partial charge in [0, 0.05) is 17.5 Å². The molecule has 2 heteroatoms. The molecule has 0 heterocycles. The number of rotatable bonds is 8. The molecule has 0 spiro atoms. The predicted octanol–water partition coefficient (Wildman–Crippen LogP) is 4.01. The lowest BCUT2D eigenvalue weighted by molar-refractivity contribution is 0.539. The van der Waals surface area contributed by atoms with E-state index in [1.165, 1.54) is 29.7 Å². The van der Waals surface area contributed by atoms with Gasteiger partial charge >= 0.3 is 0 Å². The quantitative estimate of drug-likeness (QED) is 0.749.